The largest absolute Gasteiger partial charge is 0.493 e. The van der Waals surface area contributed by atoms with Gasteiger partial charge in [-0.3, -0.25) is 0 Å². The molecular weight excluding hydrogens is 360 g/mol. The molecule has 0 radical (unpaired) electrons. The molecule has 28 heavy (non-hydrogen) atoms. The van der Waals surface area contributed by atoms with Gasteiger partial charge in [-0.2, -0.15) is 10.1 Å². The van der Waals surface area contributed by atoms with Gasteiger partial charge in [0.15, 0.2) is 11.5 Å². The number of carbonyl (C=O) groups is 1. The van der Waals surface area contributed by atoms with Crippen LogP contribution in [-0.4, -0.2) is 41.6 Å². The predicted molar refractivity (Wildman–Crippen MR) is 105 cm³/mol. The third-order valence-corrected chi connectivity index (χ3v) is 4.71. The van der Waals surface area contributed by atoms with E-state index < -0.39 is 12.0 Å². The van der Waals surface area contributed by atoms with Gasteiger partial charge in [0, 0.05) is 5.70 Å². The summed E-state index contributed by atoms with van der Waals surface area (Å²) in [6, 6.07) is 5.17. The minimum Gasteiger partial charge on any atom is -0.493 e. The minimum absolute atomic E-state index is 0.421. The van der Waals surface area contributed by atoms with Gasteiger partial charge in [0.1, 0.15) is 12.4 Å². The number of ether oxygens (including phenoxy) is 3. The van der Waals surface area contributed by atoms with Gasteiger partial charge in [0.05, 0.1) is 26.4 Å². The summed E-state index contributed by atoms with van der Waals surface area (Å²) in [7, 11) is 2.97. The van der Waals surface area contributed by atoms with E-state index in [-0.39, 0.29) is 0 Å². The molecule has 1 atom stereocenters. The third kappa shape index (κ3) is 3.81. The molecule has 8 nitrogen and oxygen atoms in total. The molecule has 0 fully saturated rings. The number of methoxy groups -OCH3 is 2. The molecule has 1 aromatic heterocycles. The first-order valence-corrected chi connectivity index (χ1v) is 9.37. The molecule has 1 N–H and O–H groups in total. The maximum Gasteiger partial charge on any atom is 0.338 e. The zero-order chi connectivity index (χ0) is 20.1. The number of aromatic nitrogens is 3. The smallest absolute Gasteiger partial charge is 0.338 e. The van der Waals surface area contributed by atoms with Crippen LogP contribution < -0.4 is 14.8 Å². The number of rotatable bonds is 8. The average Bonchev–Trinajstić information content (AvgIpc) is 3.17. The number of carbonyl (C=O) groups excluding carboxylic acids is 1. The number of hydrogen-bond acceptors (Lipinski definition) is 7. The molecule has 1 aromatic carbocycles. The number of anilines is 1. The van der Waals surface area contributed by atoms with Crippen molar-refractivity contribution in [3.05, 3.63) is 41.4 Å². The quantitative estimate of drug-likeness (QED) is 0.550. The Morgan fingerprint density at radius 3 is 2.79 bits per heavy atom. The second-order valence-corrected chi connectivity index (χ2v) is 6.55. The van der Waals surface area contributed by atoms with E-state index in [0.29, 0.717) is 35.3 Å². The van der Waals surface area contributed by atoms with Gasteiger partial charge >= 0.3 is 5.97 Å². The highest BCUT2D eigenvalue weighted by molar-refractivity contribution is 5.92. The zero-order valence-electron chi connectivity index (χ0n) is 16.7. The van der Waals surface area contributed by atoms with Crippen molar-refractivity contribution < 1.29 is 19.0 Å². The molecule has 1 unspecified atom stereocenters. The second kappa shape index (κ2) is 8.77. The van der Waals surface area contributed by atoms with Crippen molar-refractivity contribution in [1.29, 1.82) is 0 Å². The Bertz CT molecular complexity index is 875. The van der Waals surface area contributed by atoms with E-state index in [1.165, 1.54) is 13.4 Å². The zero-order valence-corrected chi connectivity index (χ0v) is 16.7. The molecule has 0 saturated heterocycles. The van der Waals surface area contributed by atoms with Gasteiger partial charge in [0.2, 0.25) is 5.95 Å². The van der Waals surface area contributed by atoms with Crippen LogP contribution >= 0.6 is 0 Å². The monoisotopic (exact) mass is 386 g/mol. The Balaban J connectivity index is 1.97. The minimum atomic E-state index is -0.478. The maximum atomic E-state index is 12.5. The number of unbranched alkanes of at least 4 members (excludes halogenated alkanes) is 2. The van der Waals surface area contributed by atoms with Gasteiger partial charge < -0.3 is 19.5 Å². The summed E-state index contributed by atoms with van der Waals surface area (Å²) in [5.41, 5.74) is 1.97. The van der Waals surface area contributed by atoms with Crippen LogP contribution in [0.4, 0.5) is 5.95 Å². The molecular formula is C20H26N4O4. The first-order valence-electron chi connectivity index (χ1n) is 9.37. The molecule has 8 heteroatoms. The fourth-order valence-electron chi connectivity index (χ4n) is 3.28. The molecule has 3 rings (SSSR count). The molecule has 0 amide bonds. The fourth-order valence-corrected chi connectivity index (χ4v) is 3.28. The summed E-state index contributed by atoms with van der Waals surface area (Å²) in [6.45, 7) is 4.61. The summed E-state index contributed by atoms with van der Waals surface area (Å²) in [5.74, 6) is 1.43. The summed E-state index contributed by atoms with van der Waals surface area (Å²) in [5, 5.41) is 7.39. The topological polar surface area (TPSA) is 87.5 Å². The summed E-state index contributed by atoms with van der Waals surface area (Å²) in [6.07, 6.45) is 4.70. The maximum absolute atomic E-state index is 12.5. The number of benzene rings is 1. The molecule has 0 spiro atoms. The van der Waals surface area contributed by atoms with Crippen LogP contribution in [0.25, 0.3) is 0 Å². The van der Waals surface area contributed by atoms with Gasteiger partial charge in [-0.15, -0.1) is 0 Å². The van der Waals surface area contributed by atoms with Gasteiger partial charge in [-0.1, -0.05) is 25.8 Å². The van der Waals surface area contributed by atoms with Crippen molar-refractivity contribution in [2.45, 2.75) is 39.2 Å². The average molecular weight is 386 g/mol. The van der Waals surface area contributed by atoms with Crippen LogP contribution in [0.5, 0.6) is 11.5 Å². The molecule has 0 saturated carbocycles. The Labute approximate surface area is 164 Å². The van der Waals surface area contributed by atoms with Crippen LogP contribution in [0.1, 0.15) is 44.7 Å². The van der Waals surface area contributed by atoms with Crippen molar-refractivity contribution in [3.63, 3.8) is 0 Å². The lowest BCUT2D eigenvalue weighted by Crippen LogP contribution is -2.29. The number of fused-ring (bicyclic) bond motifs is 1. The van der Waals surface area contributed by atoms with Crippen LogP contribution in [0, 0.1) is 0 Å². The lowest BCUT2D eigenvalue weighted by Gasteiger charge is -2.28. The van der Waals surface area contributed by atoms with E-state index in [2.05, 4.69) is 22.3 Å². The van der Waals surface area contributed by atoms with Crippen molar-refractivity contribution >= 4 is 11.9 Å². The number of nitrogens with zero attached hydrogens (tertiary/aromatic N) is 3. The SMILES string of the molecule is CCCCCOc1ccc(C2C(C(=O)OC)=C(C)Nc3ncnn32)cc1OC. The summed E-state index contributed by atoms with van der Waals surface area (Å²) >= 11 is 0. The Morgan fingerprint density at radius 1 is 1.25 bits per heavy atom. The highest BCUT2D eigenvalue weighted by Gasteiger charge is 2.34. The third-order valence-electron chi connectivity index (χ3n) is 4.71. The standard InChI is InChI=1S/C20H26N4O4/c1-5-6-7-10-28-15-9-8-14(11-16(15)26-3)18-17(19(25)27-4)13(2)23-20-21-12-22-24(18)20/h8-9,11-12,18H,5-7,10H2,1-4H3,(H,21,22,23). The van der Waals surface area contributed by atoms with E-state index >= 15 is 0 Å². The number of esters is 1. The molecule has 150 valence electrons. The molecule has 1 aliphatic rings. The number of hydrogen-bond donors (Lipinski definition) is 1. The summed E-state index contributed by atoms with van der Waals surface area (Å²) in [4.78, 5) is 16.7. The van der Waals surface area contributed by atoms with Crippen molar-refractivity contribution in [3.8, 4) is 11.5 Å². The van der Waals surface area contributed by atoms with E-state index in [9.17, 15) is 4.79 Å². The number of nitrogens with one attached hydrogen (secondary N) is 1. The highest BCUT2D eigenvalue weighted by atomic mass is 16.5. The van der Waals surface area contributed by atoms with Gasteiger partial charge in [-0.25, -0.2) is 9.48 Å². The lowest BCUT2D eigenvalue weighted by atomic mass is 9.95. The molecule has 0 aliphatic carbocycles. The van der Waals surface area contributed by atoms with Crippen LogP contribution in [0.3, 0.4) is 0 Å². The Morgan fingerprint density at radius 2 is 2.07 bits per heavy atom. The normalized spacial score (nSPS) is 15.6. The molecule has 2 heterocycles. The number of allylic oxidation sites excluding steroid dienone is 1. The van der Waals surface area contributed by atoms with E-state index in [0.717, 1.165) is 24.8 Å². The van der Waals surface area contributed by atoms with Gasteiger partial charge in [-0.05, 0) is 31.0 Å². The van der Waals surface area contributed by atoms with Crippen LogP contribution in [-0.2, 0) is 9.53 Å². The molecule has 0 bridgehead atoms. The fraction of sp³-hybridized carbons (Fsp3) is 0.450. The van der Waals surface area contributed by atoms with Crippen LogP contribution in [0.2, 0.25) is 0 Å². The first kappa shape index (κ1) is 19.7. The Hall–Kier alpha value is -3.03. The van der Waals surface area contributed by atoms with Crippen molar-refractivity contribution in [2.75, 3.05) is 26.1 Å². The lowest BCUT2D eigenvalue weighted by molar-refractivity contribution is -0.136. The molecule has 1 aliphatic heterocycles. The van der Waals surface area contributed by atoms with E-state index in [1.807, 2.05) is 25.1 Å². The van der Waals surface area contributed by atoms with Crippen LogP contribution in [0.15, 0.2) is 35.8 Å². The Kier molecular flexibility index (Phi) is 6.18. The second-order valence-electron chi connectivity index (χ2n) is 6.55. The predicted octanol–water partition coefficient (Wildman–Crippen LogP) is 3.32. The molecule has 2 aromatic rings. The highest BCUT2D eigenvalue weighted by Crippen LogP contribution is 2.38. The van der Waals surface area contributed by atoms with E-state index in [1.54, 1.807) is 11.8 Å². The first-order chi connectivity index (χ1) is 13.6. The van der Waals surface area contributed by atoms with Gasteiger partial charge in [0.25, 0.3) is 0 Å². The van der Waals surface area contributed by atoms with E-state index in [4.69, 9.17) is 14.2 Å². The summed E-state index contributed by atoms with van der Waals surface area (Å²) < 4.78 is 18.1. The van der Waals surface area contributed by atoms with Crippen molar-refractivity contribution in [1.82, 2.24) is 14.8 Å². The van der Waals surface area contributed by atoms with Crippen molar-refractivity contribution in [2.24, 2.45) is 0 Å².